The Morgan fingerprint density at radius 3 is 2.12 bits per heavy atom. The molecule has 1 heteroatoms. The van der Waals surface area contributed by atoms with E-state index in [4.69, 9.17) is 0 Å². The van der Waals surface area contributed by atoms with Gasteiger partial charge in [0, 0.05) is 0 Å². The quantitative estimate of drug-likeness (QED) is 0.811. The first-order valence-corrected chi connectivity index (χ1v) is 6.72. The van der Waals surface area contributed by atoms with Crippen molar-refractivity contribution in [3.8, 4) is 0 Å². The van der Waals surface area contributed by atoms with Gasteiger partial charge in [0.25, 0.3) is 0 Å². The Balaban J connectivity index is 2.88. The van der Waals surface area contributed by atoms with Gasteiger partial charge in [0.05, 0.1) is 0 Å². The summed E-state index contributed by atoms with van der Waals surface area (Å²) >= 11 is 0. The molecule has 96 valence electrons. The van der Waals surface area contributed by atoms with Crippen molar-refractivity contribution in [3.05, 3.63) is 35.4 Å². The van der Waals surface area contributed by atoms with Crippen molar-refractivity contribution in [3.63, 3.8) is 0 Å². The van der Waals surface area contributed by atoms with Gasteiger partial charge in [-0.2, -0.15) is 0 Å². The van der Waals surface area contributed by atoms with Crippen LogP contribution in [0.1, 0.15) is 51.2 Å². The molecular formula is C16H27N. The fraction of sp³-hybridized carbons (Fsp3) is 0.625. The highest BCUT2D eigenvalue weighted by molar-refractivity contribution is 5.26. The lowest BCUT2D eigenvalue weighted by molar-refractivity contribution is 0.303. The highest BCUT2D eigenvalue weighted by Crippen LogP contribution is 2.37. The average Bonchev–Trinajstić information content (AvgIpc) is 2.29. The highest BCUT2D eigenvalue weighted by Gasteiger charge is 2.25. The molecule has 1 N–H and O–H groups in total. The Kier molecular flexibility index (Phi) is 5.20. The van der Waals surface area contributed by atoms with Gasteiger partial charge >= 0.3 is 0 Å². The predicted octanol–water partition coefficient (Wildman–Crippen LogP) is 3.99. The molecule has 0 radical (unpaired) electrons. The molecule has 0 aliphatic heterocycles. The topological polar surface area (TPSA) is 12.0 Å². The first kappa shape index (κ1) is 14.2. The molecule has 0 spiro atoms. The fourth-order valence-corrected chi connectivity index (χ4v) is 2.37. The van der Waals surface area contributed by atoms with Crippen LogP contribution < -0.4 is 5.32 Å². The minimum absolute atomic E-state index is 0.324. The molecule has 0 heterocycles. The Labute approximate surface area is 107 Å². The van der Waals surface area contributed by atoms with Crippen molar-refractivity contribution < 1.29 is 0 Å². The van der Waals surface area contributed by atoms with Crippen molar-refractivity contribution in [1.29, 1.82) is 0 Å². The van der Waals surface area contributed by atoms with Crippen molar-refractivity contribution in [1.82, 2.24) is 5.32 Å². The lowest BCUT2D eigenvalue weighted by atomic mass is 9.74. The summed E-state index contributed by atoms with van der Waals surface area (Å²) in [5.74, 6) is 0.626. The lowest BCUT2D eigenvalue weighted by Gasteiger charge is -2.31. The molecule has 0 bridgehead atoms. The minimum atomic E-state index is 0.324. The molecule has 0 amide bonds. The molecule has 17 heavy (non-hydrogen) atoms. The molecule has 0 saturated carbocycles. The maximum Gasteiger partial charge on any atom is -0.00459 e. The van der Waals surface area contributed by atoms with Crippen LogP contribution in [0.3, 0.4) is 0 Å². The summed E-state index contributed by atoms with van der Waals surface area (Å²) in [4.78, 5) is 0. The van der Waals surface area contributed by atoms with Crippen molar-refractivity contribution in [2.45, 2.75) is 46.5 Å². The summed E-state index contributed by atoms with van der Waals surface area (Å²) < 4.78 is 0. The number of rotatable bonds is 5. The summed E-state index contributed by atoms with van der Waals surface area (Å²) in [6.07, 6.45) is 2.32. The van der Waals surface area contributed by atoms with Crippen LogP contribution in [0.5, 0.6) is 0 Å². The summed E-state index contributed by atoms with van der Waals surface area (Å²) in [5.41, 5.74) is 3.23. The first-order valence-electron chi connectivity index (χ1n) is 6.72. The second kappa shape index (κ2) is 6.20. The maximum atomic E-state index is 3.26. The van der Waals surface area contributed by atoms with E-state index >= 15 is 0 Å². The van der Waals surface area contributed by atoms with Crippen LogP contribution in [0.4, 0.5) is 0 Å². The third kappa shape index (κ3) is 4.16. The van der Waals surface area contributed by atoms with Crippen LogP contribution in [0.2, 0.25) is 0 Å². The standard InChI is InChI=1S/C16H27N/c1-6-13-7-9-14(10-8-13)15(11-12-17-5)16(2,3)4/h7-10,15,17H,6,11-12H2,1-5H3. The maximum absolute atomic E-state index is 3.26. The van der Waals surface area contributed by atoms with Gasteiger partial charge in [-0.3, -0.25) is 0 Å². The van der Waals surface area contributed by atoms with Gasteiger partial charge in [0.15, 0.2) is 0 Å². The molecule has 0 fully saturated rings. The van der Waals surface area contributed by atoms with E-state index in [2.05, 4.69) is 57.3 Å². The van der Waals surface area contributed by atoms with Gasteiger partial charge in [-0.1, -0.05) is 52.0 Å². The number of hydrogen-bond donors (Lipinski definition) is 1. The zero-order chi connectivity index (χ0) is 12.9. The molecule has 1 rings (SSSR count). The molecule has 1 nitrogen and oxygen atoms in total. The van der Waals surface area contributed by atoms with E-state index in [0.29, 0.717) is 11.3 Å². The SMILES string of the molecule is CCc1ccc(C(CCNC)C(C)(C)C)cc1. The molecule has 1 atom stereocenters. The van der Waals surface area contributed by atoms with Gasteiger partial charge in [0.1, 0.15) is 0 Å². The molecular weight excluding hydrogens is 206 g/mol. The van der Waals surface area contributed by atoms with E-state index in [9.17, 15) is 0 Å². The van der Waals surface area contributed by atoms with E-state index in [1.807, 2.05) is 7.05 Å². The molecule has 0 aliphatic rings. The summed E-state index contributed by atoms with van der Waals surface area (Å²) in [6, 6.07) is 9.16. The zero-order valence-corrected chi connectivity index (χ0v) is 12.0. The van der Waals surface area contributed by atoms with Gasteiger partial charge in [-0.05, 0) is 48.9 Å². The van der Waals surface area contributed by atoms with Crippen molar-refractivity contribution in [2.24, 2.45) is 5.41 Å². The minimum Gasteiger partial charge on any atom is -0.320 e. The second-order valence-electron chi connectivity index (χ2n) is 5.91. The molecule has 0 aromatic heterocycles. The normalized spacial score (nSPS) is 13.7. The smallest absolute Gasteiger partial charge is 0.00459 e. The number of benzene rings is 1. The molecule has 1 aromatic rings. The van der Waals surface area contributed by atoms with Crippen LogP contribution in [0.25, 0.3) is 0 Å². The van der Waals surface area contributed by atoms with E-state index in [1.165, 1.54) is 17.5 Å². The highest BCUT2D eigenvalue weighted by atomic mass is 14.8. The summed E-state index contributed by atoms with van der Waals surface area (Å²) in [7, 11) is 2.03. The van der Waals surface area contributed by atoms with Gasteiger partial charge in [-0.15, -0.1) is 0 Å². The van der Waals surface area contributed by atoms with Crippen molar-refractivity contribution in [2.75, 3.05) is 13.6 Å². The lowest BCUT2D eigenvalue weighted by Crippen LogP contribution is -2.22. The monoisotopic (exact) mass is 233 g/mol. The number of nitrogens with one attached hydrogen (secondary N) is 1. The molecule has 0 saturated heterocycles. The summed E-state index contributed by atoms with van der Waals surface area (Å²) in [5, 5.41) is 3.26. The molecule has 1 unspecified atom stereocenters. The van der Waals surface area contributed by atoms with E-state index in [-0.39, 0.29) is 0 Å². The second-order valence-corrected chi connectivity index (χ2v) is 5.91. The Morgan fingerprint density at radius 2 is 1.71 bits per heavy atom. The van der Waals surface area contributed by atoms with Crippen LogP contribution in [-0.2, 0) is 6.42 Å². The molecule has 0 aliphatic carbocycles. The number of hydrogen-bond acceptors (Lipinski definition) is 1. The van der Waals surface area contributed by atoms with Gasteiger partial charge < -0.3 is 5.32 Å². The predicted molar refractivity (Wildman–Crippen MR) is 76.6 cm³/mol. The Bertz CT molecular complexity index is 318. The zero-order valence-electron chi connectivity index (χ0n) is 12.0. The van der Waals surface area contributed by atoms with Crippen LogP contribution in [0, 0.1) is 5.41 Å². The van der Waals surface area contributed by atoms with E-state index in [0.717, 1.165) is 13.0 Å². The largest absolute Gasteiger partial charge is 0.320 e. The van der Waals surface area contributed by atoms with Gasteiger partial charge in [-0.25, -0.2) is 0 Å². The van der Waals surface area contributed by atoms with Crippen LogP contribution in [0.15, 0.2) is 24.3 Å². The Morgan fingerprint density at radius 1 is 1.12 bits per heavy atom. The molecule has 1 aromatic carbocycles. The average molecular weight is 233 g/mol. The van der Waals surface area contributed by atoms with Gasteiger partial charge in [0.2, 0.25) is 0 Å². The van der Waals surface area contributed by atoms with Crippen molar-refractivity contribution >= 4 is 0 Å². The van der Waals surface area contributed by atoms with E-state index < -0.39 is 0 Å². The first-order chi connectivity index (χ1) is 7.99. The fourth-order valence-electron chi connectivity index (χ4n) is 2.37. The van der Waals surface area contributed by atoms with E-state index in [1.54, 1.807) is 0 Å². The Hall–Kier alpha value is -0.820. The number of aryl methyl sites for hydroxylation is 1. The summed E-state index contributed by atoms with van der Waals surface area (Å²) in [6.45, 7) is 10.3. The third-order valence-electron chi connectivity index (χ3n) is 3.52. The van der Waals surface area contributed by atoms with Crippen LogP contribution >= 0.6 is 0 Å². The third-order valence-corrected chi connectivity index (χ3v) is 3.52. The van der Waals surface area contributed by atoms with Crippen LogP contribution in [-0.4, -0.2) is 13.6 Å².